The molecule has 0 radical (unpaired) electrons. The van der Waals surface area contributed by atoms with E-state index in [0.717, 1.165) is 25.5 Å². The lowest BCUT2D eigenvalue weighted by Gasteiger charge is -2.44. The van der Waals surface area contributed by atoms with Gasteiger partial charge in [0.25, 0.3) is 0 Å². The maximum atomic E-state index is 13.4. The lowest BCUT2D eigenvalue weighted by molar-refractivity contribution is -0.143. The van der Waals surface area contributed by atoms with E-state index >= 15 is 0 Å². The van der Waals surface area contributed by atoms with E-state index in [1.807, 2.05) is 18.2 Å². The fourth-order valence-electron chi connectivity index (χ4n) is 4.57. The lowest BCUT2D eigenvalue weighted by Crippen LogP contribution is -2.50. The van der Waals surface area contributed by atoms with Crippen LogP contribution in [0.15, 0.2) is 48.7 Å². The van der Waals surface area contributed by atoms with Crippen molar-refractivity contribution in [2.24, 2.45) is 0 Å². The Kier molecular flexibility index (Phi) is 4.28. The molecule has 3 heterocycles. The SMILES string of the molecule is OC1(c2ncccc2C(F)(F)F)CC2CCC(C1)N2Cc1ccccc1. The molecule has 2 atom stereocenters. The summed E-state index contributed by atoms with van der Waals surface area (Å²) in [5.41, 5.74) is -1.38. The summed E-state index contributed by atoms with van der Waals surface area (Å²) in [5.74, 6) is 0. The Hall–Kier alpha value is -1.92. The van der Waals surface area contributed by atoms with Gasteiger partial charge in [0.1, 0.15) is 5.60 Å². The lowest BCUT2D eigenvalue weighted by atomic mass is 9.81. The monoisotopic (exact) mass is 362 g/mol. The van der Waals surface area contributed by atoms with Crippen molar-refractivity contribution < 1.29 is 18.3 Å². The maximum absolute atomic E-state index is 13.4. The molecule has 0 spiro atoms. The van der Waals surface area contributed by atoms with Crippen LogP contribution in [0.5, 0.6) is 0 Å². The number of hydrogen-bond acceptors (Lipinski definition) is 3. The zero-order valence-electron chi connectivity index (χ0n) is 14.3. The number of aromatic nitrogens is 1. The van der Waals surface area contributed by atoms with Crippen molar-refractivity contribution in [2.45, 2.75) is 56.1 Å². The van der Waals surface area contributed by atoms with Gasteiger partial charge in [-0.1, -0.05) is 30.3 Å². The molecule has 0 amide bonds. The number of piperidine rings is 1. The van der Waals surface area contributed by atoms with Crippen molar-refractivity contribution in [3.63, 3.8) is 0 Å². The number of rotatable bonds is 3. The Morgan fingerprint density at radius 1 is 1.04 bits per heavy atom. The first-order valence-electron chi connectivity index (χ1n) is 8.91. The average Bonchev–Trinajstić information content (AvgIpc) is 2.86. The zero-order valence-corrected chi connectivity index (χ0v) is 14.3. The van der Waals surface area contributed by atoms with E-state index in [4.69, 9.17) is 0 Å². The van der Waals surface area contributed by atoms with Gasteiger partial charge in [-0.3, -0.25) is 9.88 Å². The minimum absolute atomic E-state index is 0.0713. The predicted octanol–water partition coefficient (Wildman–Crippen LogP) is 4.12. The van der Waals surface area contributed by atoms with Crippen molar-refractivity contribution in [2.75, 3.05) is 0 Å². The summed E-state index contributed by atoms with van der Waals surface area (Å²) in [7, 11) is 0. The molecule has 2 fully saturated rings. The molecule has 2 saturated heterocycles. The third-order valence-electron chi connectivity index (χ3n) is 5.68. The van der Waals surface area contributed by atoms with Gasteiger partial charge in [-0.2, -0.15) is 13.2 Å². The molecule has 6 heteroatoms. The number of nitrogens with zero attached hydrogens (tertiary/aromatic N) is 2. The summed E-state index contributed by atoms with van der Waals surface area (Å²) in [4.78, 5) is 6.29. The van der Waals surface area contributed by atoms with Gasteiger partial charge in [0.05, 0.1) is 11.3 Å². The summed E-state index contributed by atoms with van der Waals surface area (Å²) >= 11 is 0. The first-order chi connectivity index (χ1) is 12.4. The molecule has 2 aliphatic heterocycles. The molecule has 1 N–H and O–H groups in total. The molecule has 138 valence electrons. The zero-order chi connectivity index (χ0) is 18.4. The van der Waals surface area contributed by atoms with E-state index < -0.39 is 17.3 Å². The fourth-order valence-corrected chi connectivity index (χ4v) is 4.57. The molecule has 2 aliphatic rings. The highest BCUT2D eigenvalue weighted by molar-refractivity contribution is 5.30. The third kappa shape index (κ3) is 3.12. The normalized spacial score (nSPS) is 29.1. The molecule has 3 nitrogen and oxygen atoms in total. The number of hydrogen-bond donors (Lipinski definition) is 1. The van der Waals surface area contributed by atoms with Gasteiger partial charge < -0.3 is 5.11 Å². The summed E-state index contributed by atoms with van der Waals surface area (Å²) in [6, 6.07) is 12.5. The summed E-state index contributed by atoms with van der Waals surface area (Å²) in [6.45, 7) is 0.764. The highest BCUT2D eigenvalue weighted by Gasteiger charge is 2.51. The Balaban J connectivity index is 1.61. The van der Waals surface area contributed by atoms with Gasteiger partial charge in [0.15, 0.2) is 0 Å². The molecule has 1 aromatic heterocycles. The van der Waals surface area contributed by atoms with Crippen LogP contribution in [0.4, 0.5) is 13.2 Å². The minimum Gasteiger partial charge on any atom is -0.383 e. The van der Waals surface area contributed by atoms with Crippen LogP contribution in [-0.2, 0) is 18.3 Å². The first kappa shape index (κ1) is 17.5. The summed E-state index contributed by atoms with van der Waals surface area (Å²) in [5, 5.41) is 11.2. The Bertz CT molecular complexity index is 764. The van der Waals surface area contributed by atoms with Crippen LogP contribution in [0, 0.1) is 0 Å². The average molecular weight is 362 g/mol. The van der Waals surface area contributed by atoms with E-state index in [1.165, 1.54) is 17.8 Å². The Labute approximate surface area is 150 Å². The Morgan fingerprint density at radius 2 is 1.69 bits per heavy atom. The Morgan fingerprint density at radius 3 is 2.31 bits per heavy atom. The van der Waals surface area contributed by atoms with Gasteiger partial charge in [0.2, 0.25) is 0 Å². The predicted molar refractivity (Wildman–Crippen MR) is 91.2 cm³/mol. The first-order valence-corrected chi connectivity index (χ1v) is 8.91. The van der Waals surface area contributed by atoms with E-state index in [2.05, 4.69) is 22.0 Å². The largest absolute Gasteiger partial charge is 0.418 e. The fraction of sp³-hybridized carbons (Fsp3) is 0.450. The standard InChI is InChI=1S/C20H21F3N2O/c21-20(22,23)17-7-4-10-24-18(17)19(26)11-15-8-9-16(12-19)25(15)13-14-5-2-1-3-6-14/h1-7,10,15-16,26H,8-9,11-13H2. The molecule has 0 saturated carbocycles. The molecule has 2 unspecified atom stereocenters. The van der Waals surface area contributed by atoms with Crippen LogP contribution in [0.3, 0.4) is 0 Å². The molecule has 1 aromatic carbocycles. The van der Waals surface area contributed by atoms with Crippen LogP contribution < -0.4 is 0 Å². The van der Waals surface area contributed by atoms with Crippen LogP contribution in [0.1, 0.15) is 42.5 Å². The van der Waals surface area contributed by atoms with E-state index in [-0.39, 0.29) is 30.6 Å². The second kappa shape index (κ2) is 6.35. The number of aliphatic hydroxyl groups is 1. The number of alkyl halides is 3. The maximum Gasteiger partial charge on any atom is 0.418 e. The van der Waals surface area contributed by atoms with Gasteiger partial charge in [-0.05, 0) is 43.4 Å². The molecule has 0 aliphatic carbocycles. The van der Waals surface area contributed by atoms with Crippen LogP contribution in [-0.4, -0.2) is 27.1 Å². The number of benzene rings is 1. The van der Waals surface area contributed by atoms with Gasteiger partial charge >= 0.3 is 6.18 Å². The molecule has 2 bridgehead atoms. The van der Waals surface area contributed by atoms with Gasteiger partial charge in [-0.25, -0.2) is 0 Å². The quantitative estimate of drug-likeness (QED) is 0.893. The van der Waals surface area contributed by atoms with Crippen LogP contribution in [0.25, 0.3) is 0 Å². The molecule has 2 aromatic rings. The van der Waals surface area contributed by atoms with E-state index in [0.29, 0.717) is 0 Å². The van der Waals surface area contributed by atoms with Gasteiger partial charge in [-0.15, -0.1) is 0 Å². The van der Waals surface area contributed by atoms with Crippen molar-refractivity contribution in [3.8, 4) is 0 Å². The number of fused-ring (bicyclic) bond motifs is 2. The smallest absolute Gasteiger partial charge is 0.383 e. The van der Waals surface area contributed by atoms with E-state index in [1.54, 1.807) is 0 Å². The van der Waals surface area contributed by atoms with Gasteiger partial charge in [0, 0.05) is 24.8 Å². The van der Waals surface area contributed by atoms with Crippen LogP contribution in [0.2, 0.25) is 0 Å². The molecule has 4 rings (SSSR count). The van der Waals surface area contributed by atoms with Crippen molar-refractivity contribution in [1.29, 1.82) is 0 Å². The number of halogens is 3. The molecular weight excluding hydrogens is 341 g/mol. The number of pyridine rings is 1. The van der Waals surface area contributed by atoms with E-state index in [9.17, 15) is 18.3 Å². The highest BCUT2D eigenvalue weighted by Crippen LogP contribution is 2.48. The van der Waals surface area contributed by atoms with Crippen molar-refractivity contribution in [3.05, 3.63) is 65.5 Å². The molecular formula is C20H21F3N2O. The minimum atomic E-state index is -4.51. The summed E-state index contributed by atoms with van der Waals surface area (Å²) in [6.07, 6.45) is -0.810. The summed E-state index contributed by atoms with van der Waals surface area (Å²) < 4.78 is 40.2. The topological polar surface area (TPSA) is 36.4 Å². The van der Waals surface area contributed by atoms with Crippen molar-refractivity contribution in [1.82, 2.24) is 9.88 Å². The second-order valence-electron chi connectivity index (χ2n) is 7.38. The third-order valence-corrected chi connectivity index (χ3v) is 5.68. The molecule has 26 heavy (non-hydrogen) atoms. The highest BCUT2D eigenvalue weighted by atomic mass is 19.4. The van der Waals surface area contributed by atoms with Crippen LogP contribution >= 0.6 is 0 Å². The van der Waals surface area contributed by atoms with Crippen molar-refractivity contribution >= 4 is 0 Å². The second-order valence-corrected chi connectivity index (χ2v) is 7.38.